The second-order valence-electron chi connectivity index (χ2n) is 5.37. The maximum atomic E-state index is 4.04. The lowest BCUT2D eigenvalue weighted by Gasteiger charge is -2.35. The largest absolute Gasteiger partial charge is 0.154 e. The van der Waals surface area contributed by atoms with Crippen LogP contribution in [0.15, 0.2) is 12.2 Å². The molecule has 0 aromatic heterocycles. The zero-order chi connectivity index (χ0) is 11.4. The molecule has 1 aliphatic carbocycles. The van der Waals surface area contributed by atoms with Crippen LogP contribution in [0.25, 0.3) is 0 Å². The van der Waals surface area contributed by atoms with E-state index in [-0.39, 0.29) is 0 Å². The molecule has 1 fully saturated rings. The molecule has 0 heterocycles. The van der Waals surface area contributed by atoms with E-state index in [1.54, 1.807) is 0 Å². The molecular formula is C14H26S. The first-order valence-corrected chi connectivity index (χ1v) is 7.34. The van der Waals surface area contributed by atoms with Crippen molar-refractivity contribution in [2.24, 2.45) is 17.8 Å². The predicted octanol–water partition coefficient (Wildman–Crippen LogP) is 4.76. The predicted molar refractivity (Wildman–Crippen MR) is 72.4 cm³/mol. The first-order valence-electron chi connectivity index (χ1n) is 6.29. The first-order chi connectivity index (χ1) is 7.02. The number of thioether (sulfide) groups is 1. The van der Waals surface area contributed by atoms with Crippen molar-refractivity contribution in [3.63, 3.8) is 0 Å². The van der Waals surface area contributed by atoms with Gasteiger partial charge in [-0.25, -0.2) is 0 Å². The van der Waals surface area contributed by atoms with E-state index in [0.717, 1.165) is 17.8 Å². The summed E-state index contributed by atoms with van der Waals surface area (Å²) in [6, 6.07) is 0. The van der Waals surface area contributed by atoms with E-state index >= 15 is 0 Å². The zero-order valence-electron chi connectivity index (χ0n) is 10.8. The van der Waals surface area contributed by atoms with Crippen LogP contribution in [0, 0.1) is 17.8 Å². The summed E-state index contributed by atoms with van der Waals surface area (Å²) in [7, 11) is 0. The summed E-state index contributed by atoms with van der Waals surface area (Å²) in [6.07, 6.45) is 4.33. The topological polar surface area (TPSA) is 0 Å². The van der Waals surface area contributed by atoms with Crippen LogP contribution < -0.4 is 0 Å². The molecule has 0 bridgehead atoms. The van der Waals surface area contributed by atoms with Gasteiger partial charge in [-0.15, -0.1) is 0 Å². The third-order valence-electron chi connectivity index (χ3n) is 4.01. The Morgan fingerprint density at radius 1 is 1.33 bits per heavy atom. The van der Waals surface area contributed by atoms with Crippen LogP contribution in [-0.2, 0) is 0 Å². The molecule has 1 rings (SSSR count). The van der Waals surface area contributed by atoms with Gasteiger partial charge in [-0.05, 0) is 37.4 Å². The van der Waals surface area contributed by atoms with Crippen LogP contribution in [0.2, 0.25) is 0 Å². The third-order valence-corrected chi connectivity index (χ3v) is 5.49. The van der Waals surface area contributed by atoms with Crippen molar-refractivity contribution in [1.82, 2.24) is 0 Å². The van der Waals surface area contributed by atoms with Gasteiger partial charge in [0.2, 0.25) is 0 Å². The first kappa shape index (κ1) is 13.2. The molecule has 1 aliphatic rings. The van der Waals surface area contributed by atoms with Crippen LogP contribution in [-0.4, -0.2) is 11.0 Å². The van der Waals surface area contributed by atoms with Crippen molar-refractivity contribution < 1.29 is 0 Å². The molecular weight excluding hydrogens is 200 g/mol. The number of hydrogen-bond donors (Lipinski definition) is 0. The Bertz CT molecular complexity index is 199. The lowest BCUT2D eigenvalue weighted by atomic mass is 9.75. The smallest absolute Gasteiger partial charge is 0.0222 e. The SMILES string of the molecule is C=C(C)C(C)SCC1C(C)CCCC1C. The zero-order valence-corrected chi connectivity index (χ0v) is 11.6. The van der Waals surface area contributed by atoms with Gasteiger partial charge in [-0.2, -0.15) is 11.8 Å². The molecule has 0 nitrogen and oxygen atoms in total. The lowest BCUT2D eigenvalue weighted by Crippen LogP contribution is -2.27. The van der Waals surface area contributed by atoms with Crippen molar-refractivity contribution >= 4 is 11.8 Å². The molecule has 1 heteroatoms. The minimum absolute atomic E-state index is 0.631. The average Bonchev–Trinajstić information content (AvgIpc) is 2.16. The van der Waals surface area contributed by atoms with E-state index in [9.17, 15) is 0 Å². The van der Waals surface area contributed by atoms with Gasteiger partial charge < -0.3 is 0 Å². The molecule has 0 N–H and O–H groups in total. The van der Waals surface area contributed by atoms with Gasteiger partial charge in [0.05, 0.1) is 0 Å². The molecule has 0 aromatic carbocycles. The standard InChI is InChI=1S/C14H26S/c1-10(2)13(5)15-9-14-11(3)7-6-8-12(14)4/h11-14H,1,6-9H2,2-5H3. The fourth-order valence-electron chi connectivity index (χ4n) is 2.48. The summed E-state index contributed by atoms with van der Waals surface area (Å²) < 4.78 is 0. The lowest BCUT2D eigenvalue weighted by molar-refractivity contribution is 0.202. The van der Waals surface area contributed by atoms with Crippen molar-refractivity contribution in [2.45, 2.75) is 52.2 Å². The summed E-state index contributed by atoms with van der Waals surface area (Å²) in [5, 5.41) is 0.631. The summed E-state index contributed by atoms with van der Waals surface area (Å²) >= 11 is 2.10. The Hall–Kier alpha value is 0.0900. The minimum Gasteiger partial charge on any atom is -0.154 e. The van der Waals surface area contributed by atoms with Gasteiger partial charge in [0.1, 0.15) is 0 Å². The Morgan fingerprint density at radius 3 is 2.33 bits per heavy atom. The molecule has 1 saturated carbocycles. The van der Waals surface area contributed by atoms with Crippen molar-refractivity contribution in [2.75, 3.05) is 5.75 Å². The fourth-order valence-corrected chi connectivity index (χ4v) is 3.93. The number of rotatable bonds is 4. The second-order valence-corrected chi connectivity index (χ2v) is 6.75. The van der Waals surface area contributed by atoms with Gasteiger partial charge in [0.25, 0.3) is 0 Å². The quantitative estimate of drug-likeness (QED) is 0.623. The highest BCUT2D eigenvalue weighted by atomic mass is 32.2. The van der Waals surface area contributed by atoms with E-state index in [1.807, 2.05) is 0 Å². The summed E-state index contributed by atoms with van der Waals surface area (Å²) in [6.45, 7) is 13.3. The van der Waals surface area contributed by atoms with Crippen LogP contribution >= 0.6 is 11.8 Å². The Morgan fingerprint density at radius 2 is 1.87 bits per heavy atom. The van der Waals surface area contributed by atoms with Crippen molar-refractivity contribution in [3.8, 4) is 0 Å². The maximum absolute atomic E-state index is 4.04. The molecule has 0 aliphatic heterocycles. The Labute approximate surface area is 99.9 Å². The van der Waals surface area contributed by atoms with Crippen LogP contribution in [0.5, 0.6) is 0 Å². The fraction of sp³-hybridized carbons (Fsp3) is 0.857. The van der Waals surface area contributed by atoms with Crippen molar-refractivity contribution in [3.05, 3.63) is 12.2 Å². The molecule has 0 saturated heterocycles. The van der Waals surface area contributed by atoms with Gasteiger partial charge >= 0.3 is 0 Å². The minimum atomic E-state index is 0.631. The van der Waals surface area contributed by atoms with Crippen molar-refractivity contribution in [1.29, 1.82) is 0 Å². The third kappa shape index (κ3) is 3.86. The summed E-state index contributed by atoms with van der Waals surface area (Å²) in [4.78, 5) is 0. The summed E-state index contributed by atoms with van der Waals surface area (Å²) in [5.41, 5.74) is 1.32. The highest BCUT2D eigenvalue weighted by molar-refractivity contribution is 8.00. The maximum Gasteiger partial charge on any atom is 0.0222 e. The molecule has 0 spiro atoms. The van der Waals surface area contributed by atoms with Gasteiger partial charge in [0, 0.05) is 5.25 Å². The second kappa shape index (κ2) is 5.98. The molecule has 3 unspecified atom stereocenters. The van der Waals surface area contributed by atoms with Crippen LogP contribution in [0.1, 0.15) is 47.0 Å². The van der Waals surface area contributed by atoms with Crippen LogP contribution in [0.4, 0.5) is 0 Å². The molecule has 15 heavy (non-hydrogen) atoms. The number of hydrogen-bond acceptors (Lipinski definition) is 1. The molecule has 0 amide bonds. The Kier molecular flexibility index (Phi) is 5.25. The van der Waals surface area contributed by atoms with Gasteiger partial charge in [-0.3, -0.25) is 0 Å². The molecule has 0 aromatic rings. The Balaban J connectivity index is 2.38. The van der Waals surface area contributed by atoms with Gasteiger partial charge in [-0.1, -0.05) is 45.3 Å². The monoisotopic (exact) mass is 226 g/mol. The highest BCUT2D eigenvalue weighted by Gasteiger charge is 2.27. The van der Waals surface area contributed by atoms with E-state index in [2.05, 4.69) is 46.0 Å². The van der Waals surface area contributed by atoms with E-state index in [0.29, 0.717) is 5.25 Å². The molecule has 0 radical (unpaired) electrons. The van der Waals surface area contributed by atoms with E-state index < -0.39 is 0 Å². The normalized spacial score (nSPS) is 33.7. The summed E-state index contributed by atoms with van der Waals surface area (Å²) in [5.74, 6) is 4.12. The van der Waals surface area contributed by atoms with Crippen LogP contribution in [0.3, 0.4) is 0 Å². The van der Waals surface area contributed by atoms with E-state index in [4.69, 9.17) is 0 Å². The molecule has 88 valence electrons. The molecule has 3 atom stereocenters. The average molecular weight is 226 g/mol. The van der Waals surface area contributed by atoms with E-state index in [1.165, 1.54) is 30.6 Å². The highest BCUT2D eigenvalue weighted by Crippen LogP contribution is 2.37. The van der Waals surface area contributed by atoms with Gasteiger partial charge in [0.15, 0.2) is 0 Å².